The molecule has 0 aromatic rings. The predicted octanol–water partition coefficient (Wildman–Crippen LogP) is 4.56. The van der Waals surface area contributed by atoms with E-state index in [-0.39, 0.29) is 7.43 Å². The molecule has 0 aromatic carbocycles. The molecule has 0 amide bonds. The van der Waals surface area contributed by atoms with Crippen LogP contribution in [0.1, 0.15) is 19.8 Å². The van der Waals surface area contributed by atoms with Crippen LogP contribution in [0.3, 0.4) is 0 Å². The summed E-state index contributed by atoms with van der Waals surface area (Å²) in [5.41, 5.74) is 0. The second-order valence-corrected chi connectivity index (χ2v) is 7.27. The third-order valence-electron chi connectivity index (χ3n) is 2.55. The van der Waals surface area contributed by atoms with Gasteiger partial charge in [0.2, 0.25) is 0 Å². The molecule has 0 N–H and O–H groups in total. The Morgan fingerprint density at radius 1 is 1.14 bits per heavy atom. The van der Waals surface area contributed by atoms with Gasteiger partial charge in [-0.2, -0.15) is 19.8 Å². The van der Waals surface area contributed by atoms with Crippen LogP contribution in [0.5, 0.6) is 0 Å². The second kappa shape index (κ2) is 8.14. The maximum absolute atomic E-state index is 4.93. The van der Waals surface area contributed by atoms with Crippen LogP contribution < -0.4 is 0 Å². The maximum atomic E-state index is 4.93. The Kier molecular flexibility index (Phi) is 8.68. The van der Waals surface area contributed by atoms with Gasteiger partial charge in [-0.3, -0.25) is 0 Å². The Bertz CT molecular complexity index is 181. The fraction of sp³-hybridized carbons (Fsp3) is 0.455. The van der Waals surface area contributed by atoms with Crippen LogP contribution in [-0.2, 0) is 20.8 Å². The van der Waals surface area contributed by atoms with E-state index in [1.54, 1.807) is 5.92 Å². The van der Waals surface area contributed by atoms with Gasteiger partial charge in [0.1, 0.15) is 0 Å². The van der Waals surface area contributed by atoms with Gasteiger partial charge in [-0.15, -0.1) is 0 Å². The molecular formula is C11H16Cl2Zr. The standard InChI is InChI=1S/C10H13.CH3.2ClH.Zr/c1-8-6-9-4-2-3-5-10(9)7-8;;;;/h2-5,9-10H,6-7H2,1H3;1H3;2*1H;/q2*-1;;;+4/p-2. The molecule has 3 heteroatoms. The molecule has 0 radical (unpaired) electrons. The van der Waals surface area contributed by atoms with Crippen molar-refractivity contribution in [1.29, 1.82) is 0 Å². The number of halogens is 2. The van der Waals surface area contributed by atoms with E-state index in [0.29, 0.717) is 0 Å². The molecular weight excluding hydrogens is 294 g/mol. The first-order chi connectivity index (χ1) is 6.27. The van der Waals surface area contributed by atoms with Crippen molar-refractivity contribution in [2.24, 2.45) is 11.8 Å². The molecule has 2 unspecified atom stereocenters. The van der Waals surface area contributed by atoms with Gasteiger partial charge in [-0.25, -0.2) is 0 Å². The summed E-state index contributed by atoms with van der Waals surface area (Å²) in [4.78, 5) is 0. The summed E-state index contributed by atoms with van der Waals surface area (Å²) in [5.74, 6) is 3.35. The van der Waals surface area contributed by atoms with E-state index in [2.05, 4.69) is 31.2 Å². The summed E-state index contributed by atoms with van der Waals surface area (Å²) < 4.78 is 0. The summed E-state index contributed by atoms with van der Waals surface area (Å²) in [6, 6.07) is 0. The molecule has 1 saturated carbocycles. The molecule has 0 aromatic heterocycles. The van der Waals surface area contributed by atoms with Crippen molar-refractivity contribution in [3.05, 3.63) is 37.6 Å². The van der Waals surface area contributed by atoms with Gasteiger partial charge in [0.15, 0.2) is 0 Å². The minimum absolute atomic E-state index is 0. The number of hydrogen-bond donors (Lipinski definition) is 0. The molecule has 2 atom stereocenters. The summed E-state index contributed by atoms with van der Waals surface area (Å²) in [5, 5.41) is 0. The Labute approximate surface area is 106 Å². The van der Waals surface area contributed by atoms with E-state index in [9.17, 15) is 0 Å². The molecule has 0 heterocycles. The zero-order chi connectivity index (χ0) is 9.68. The van der Waals surface area contributed by atoms with Gasteiger partial charge in [-0.05, 0) is 11.8 Å². The molecule has 0 aliphatic heterocycles. The van der Waals surface area contributed by atoms with Crippen LogP contribution >= 0.6 is 17.0 Å². The summed E-state index contributed by atoms with van der Waals surface area (Å²) in [7, 11) is 9.87. The Morgan fingerprint density at radius 2 is 1.50 bits per heavy atom. The molecule has 0 saturated heterocycles. The second-order valence-electron chi connectivity index (χ2n) is 3.53. The zero-order valence-corrected chi connectivity index (χ0v) is 12.6. The normalized spacial score (nSPS) is 28.2. The van der Waals surface area contributed by atoms with Crippen molar-refractivity contribution in [3.63, 3.8) is 0 Å². The van der Waals surface area contributed by atoms with Crippen molar-refractivity contribution < 1.29 is 20.8 Å². The van der Waals surface area contributed by atoms with Gasteiger partial charge in [-0.1, -0.05) is 24.3 Å². The van der Waals surface area contributed by atoms with Crippen molar-refractivity contribution in [3.8, 4) is 0 Å². The molecule has 1 fully saturated rings. The number of rotatable bonds is 0. The average Bonchev–Trinajstić information content (AvgIpc) is 2.45. The van der Waals surface area contributed by atoms with Gasteiger partial charge in [0.05, 0.1) is 0 Å². The van der Waals surface area contributed by atoms with Gasteiger partial charge in [0, 0.05) is 0 Å². The molecule has 2 aliphatic rings. The minimum atomic E-state index is -0.826. The van der Waals surface area contributed by atoms with Crippen molar-refractivity contribution in [2.45, 2.75) is 19.8 Å². The van der Waals surface area contributed by atoms with E-state index in [0.717, 1.165) is 11.8 Å². The van der Waals surface area contributed by atoms with Gasteiger partial charge < -0.3 is 13.3 Å². The average molecular weight is 310 g/mol. The predicted molar refractivity (Wildman–Crippen MR) is 61.5 cm³/mol. The number of allylic oxidation sites excluding steroid dienone is 4. The first-order valence-corrected chi connectivity index (χ1v) is 10.7. The summed E-state index contributed by atoms with van der Waals surface area (Å²) in [6.45, 7) is 2.28. The van der Waals surface area contributed by atoms with Gasteiger partial charge >= 0.3 is 37.9 Å². The van der Waals surface area contributed by atoms with Crippen molar-refractivity contribution in [1.82, 2.24) is 0 Å². The monoisotopic (exact) mass is 308 g/mol. The van der Waals surface area contributed by atoms with Gasteiger partial charge in [0.25, 0.3) is 0 Å². The van der Waals surface area contributed by atoms with Crippen LogP contribution in [0, 0.1) is 25.2 Å². The Balaban J connectivity index is 0.000000381. The molecule has 14 heavy (non-hydrogen) atoms. The fourth-order valence-corrected chi connectivity index (χ4v) is 2.03. The molecule has 2 rings (SSSR count). The van der Waals surface area contributed by atoms with E-state index < -0.39 is 20.8 Å². The summed E-state index contributed by atoms with van der Waals surface area (Å²) >= 11 is -0.826. The van der Waals surface area contributed by atoms with Crippen LogP contribution in [0.15, 0.2) is 24.3 Å². The SMILES string of the molecule is C[C-]1CC2C=CC=CC2C1.[CH3-].[Cl][Zr+2][Cl]. The number of hydrogen-bond acceptors (Lipinski definition) is 0. The van der Waals surface area contributed by atoms with Crippen molar-refractivity contribution >= 4 is 17.0 Å². The molecule has 78 valence electrons. The molecule has 0 nitrogen and oxygen atoms in total. The van der Waals surface area contributed by atoms with E-state index in [4.69, 9.17) is 17.0 Å². The molecule has 0 spiro atoms. The zero-order valence-electron chi connectivity index (χ0n) is 8.63. The quantitative estimate of drug-likeness (QED) is 0.575. The van der Waals surface area contributed by atoms with E-state index >= 15 is 0 Å². The topological polar surface area (TPSA) is 0 Å². The fourth-order valence-electron chi connectivity index (χ4n) is 2.03. The van der Waals surface area contributed by atoms with E-state index in [1.807, 2.05) is 0 Å². The summed E-state index contributed by atoms with van der Waals surface area (Å²) in [6.07, 6.45) is 11.7. The van der Waals surface area contributed by atoms with Crippen LogP contribution in [0.25, 0.3) is 0 Å². The number of fused-ring (bicyclic) bond motifs is 1. The van der Waals surface area contributed by atoms with Crippen LogP contribution in [0.2, 0.25) is 0 Å². The first kappa shape index (κ1) is 14.9. The third-order valence-corrected chi connectivity index (χ3v) is 2.55. The Morgan fingerprint density at radius 3 is 1.86 bits per heavy atom. The molecule has 0 bridgehead atoms. The van der Waals surface area contributed by atoms with E-state index in [1.165, 1.54) is 12.8 Å². The van der Waals surface area contributed by atoms with Crippen LogP contribution in [-0.4, -0.2) is 0 Å². The van der Waals surface area contributed by atoms with Crippen LogP contribution in [0.4, 0.5) is 0 Å². The Hall–Kier alpha value is 0.943. The molecule has 2 aliphatic carbocycles. The van der Waals surface area contributed by atoms with Crippen molar-refractivity contribution in [2.75, 3.05) is 0 Å². The first-order valence-electron chi connectivity index (χ1n) is 4.40. The third kappa shape index (κ3) is 4.64.